The molecule has 6 nitrogen and oxygen atoms in total. The molecule has 1 saturated carbocycles. The van der Waals surface area contributed by atoms with E-state index < -0.39 is 0 Å². The van der Waals surface area contributed by atoms with Gasteiger partial charge in [-0.2, -0.15) is 0 Å². The molecule has 6 heteroatoms. The standard InChI is InChI=1S/C22H22N4O2/c1-13(27)24-17-5-3-4-16(10-17)14-6-8-15(9-7-14)18-11-19(18)20-12-21(28)26(2)22(23)25-20/h3-10,12,18-19H,11H2,1-2H3,(H2,23,25)(H,24,27)/t18-,19-/m0/s1. The molecule has 1 heterocycles. The van der Waals surface area contributed by atoms with Crippen molar-refractivity contribution in [3.05, 3.63) is 76.2 Å². The molecule has 3 aromatic rings. The van der Waals surface area contributed by atoms with Crippen LogP contribution in [-0.2, 0) is 11.8 Å². The van der Waals surface area contributed by atoms with E-state index in [1.54, 1.807) is 13.1 Å². The third-order valence-corrected chi connectivity index (χ3v) is 5.21. The summed E-state index contributed by atoms with van der Waals surface area (Å²) in [6.07, 6.45) is 0.969. The number of nitrogens with zero attached hydrogens (tertiary/aromatic N) is 2. The molecule has 0 unspecified atom stereocenters. The van der Waals surface area contributed by atoms with Crippen LogP contribution in [0.2, 0.25) is 0 Å². The van der Waals surface area contributed by atoms with E-state index in [0.29, 0.717) is 5.92 Å². The zero-order valence-electron chi connectivity index (χ0n) is 15.8. The normalized spacial score (nSPS) is 17.9. The van der Waals surface area contributed by atoms with Crippen molar-refractivity contribution in [3.63, 3.8) is 0 Å². The zero-order valence-corrected chi connectivity index (χ0v) is 15.8. The third kappa shape index (κ3) is 3.53. The maximum atomic E-state index is 11.9. The number of amides is 1. The Morgan fingerprint density at radius 1 is 1.11 bits per heavy atom. The molecule has 0 radical (unpaired) electrons. The molecular weight excluding hydrogens is 352 g/mol. The van der Waals surface area contributed by atoms with Crippen LogP contribution in [-0.4, -0.2) is 15.5 Å². The first kappa shape index (κ1) is 18.0. The lowest BCUT2D eigenvalue weighted by Crippen LogP contribution is -2.21. The van der Waals surface area contributed by atoms with E-state index in [1.807, 2.05) is 24.3 Å². The molecule has 2 aromatic carbocycles. The predicted molar refractivity (Wildman–Crippen MR) is 110 cm³/mol. The Morgan fingerprint density at radius 3 is 2.54 bits per heavy atom. The summed E-state index contributed by atoms with van der Waals surface area (Å²) in [7, 11) is 1.62. The molecule has 142 valence electrons. The monoisotopic (exact) mass is 374 g/mol. The van der Waals surface area contributed by atoms with Crippen molar-refractivity contribution >= 4 is 17.5 Å². The van der Waals surface area contributed by atoms with Gasteiger partial charge in [-0.1, -0.05) is 36.4 Å². The average molecular weight is 374 g/mol. The first-order chi connectivity index (χ1) is 13.4. The second-order valence-corrected chi connectivity index (χ2v) is 7.27. The maximum Gasteiger partial charge on any atom is 0.254 e. The number of nitrogen functional groups attached to an aromatic ring is 1. The summed E-state index contributed by atoms with van der Waals surface area (Å²) < 4.78 is 1.35. The molecule has 1 aromatic heterocycles. The van der Waals surface area contributed by atoms with Crippen LogP contribution < -0.4 is 16.6 Å². The van der Waals surface area contributed by atoms with Crippen LogP contribution in [0.1, 0.15) is 36.4 Å². The first-order valence-corrected chi connectivity index (χ1v) is 9.24. The zero-order chi connectivity index (χ0) is 19.8. The topological polar surface area (TPSA) is 90.0 Å². The Morgan fingerprint density at radius 2 is 1.86 bits per heavy atom. The van der Waals surface area contributed by atoms with Crippen LogP contribution in [0.15, 0.2) is 59.4 Å². The molecular formula is C22H22N4O2. The van der Waals surface area contributed by atoms with Crippen molar-refractivity contribution in [2.45, 2.75) is 25.2 Å². The summed E-state index contributed by atoms with van der Waals surface area (Å²) in [6.45, 7) is 1.50. The van der Waals surface area contributed by atoms with Crippen LogP contribution in [0, 0.1) is 0 Å². The van der Waals surface area contributed by atoms with Gasteiger partial charge in [-0.15, -0.1) is 0 Å². The lowest BCUT2D eigenvalue weighted by molar-refractivity contribution is -0.114. The predicted octanol–water partition coefficient (Wildman–Crippen LogP) is 3.26. The number of hydrogen-bond acceptors (Lipinski definition) is 4. The van der Waals surface area contributed by atoms with Crippen LogP contribution in [0.5, 0.6) is 0 Å². The third-order valence-electron chi connectivity index (χ3n) is 5.21. The smallest absolute Gasteiger partial charge is 0.254 e. The molecule has 0 bridgehead atoms. The molecule has 0 spiro atoms. The fraction of sp³-hybridized carbons (Fsp3) is 0.227. The molecule has 0 saturated heterocycles. The van der Waals surface area contributed by atoms with Gasteiger partial charge in [0.25, 0.3) is 5.56 Å². The average Bonchev–Trinajstić information content (AvgIpc) is 3.46. The van der Waals surface area contributed by atoms with Crippen LogP contribution in [0.4, 0.5) is 11.6 Å². The largest absolute Gasteiger partial charge is 0.369 e. The van der Waals surface area contributed by atoms with Crippen molar-refractivity contribution in [2.24, 2.45) is 7.05 Å². The number of carbonyl (C=O) groups excluding carboxylic acids is 1. The SMILES string of the molecule is CC(=O)Nc1cccc(-c2ccc([C@@H]3C[C@@H]3c3cc(=O)n(C)c(N)n3)cc2)c1. The van der Waals surface area contributed by atoms with E-state index in [9.17, 15) is 9.59 Å². The fourth-order valence-electron chi connectivity index (χ4n) is 3.56. The van der Waals surface area contributed by atoms with Gasteiger partial charge >= 0.3 is 0 Å². The van der Waals surface area contributed by atoms with E-state index >= 15 is 0 Å². The van der Waals surface area contributed by atoms with Crippen LogP contribution in [0.3, 0.4) is 0 Å². The fourth-order valence-corrected chi connectivity index (χ4v) is 3.56. The maximum absolute atomic E-state index is 11.9. The van der Waals surface area contributed by atoms with E-state index in [0.717, 1.165) is 28.9 Å². The second-order valence-electron chi connectivity index (χ2n) is 7.27. The quantitative estimate of drug-likeness (QED) is 0.733. The lowest BCUT2D eigenvalue weighted by Gasteiger charge is -2.08. The van der Waals surface area contributed by atoms with Gasteiger partial charge in [0, 0.05) is 31.6 Å². The number of aromatic nitrogens is 2. The molecule has 28 heavy (non-hydrogen) atoms. The minimum atomic E-state index is -0.123. The molecule has 0 aliphatic heterocycles. The van der Waals surface area contributed by atoms with E-state index in [1.165, 1.54) is 17.1 Å². The number of hydrogen-bond donors (Lipinski definition) is 2. The second kappa shape index (κ2) is 6.96. The number of nitrogens with two attached hydrogens (primary N) is 1. The summed E-state index contributed by atoms with van der Waals surface area (Å²) in [5.74, 6) is 0.767. The number of carbonyl (C=O) groups is 1. The molecule has 1 aliphatic carbocycles. The number of anilines is 2. The molecule has 2 atom stereocenters. The van der Waals surface area contributed by atoms with E-state index in [4.69, 9.17) is 5.73 Å². The van der Waals surface area contributed by atoms with Gasteiger partial charge in [-0.05, 0) is 41.2 Å². The molecule has 3 N–H and O–H groups in total. The van der Waals surface area contributed by atoms with Crippen LogP contribution in [0.25, 0.3) is 11.1 Å². The Balaban J connectivity index is 1.52. The van der Waals surface area contributed by atoms with Crippen molar-refractivity contribution in [1.82, 2.24) is 9.55 Å². The minimum absolute atomic E-state index is 0.0859. The summed E-state index contributed by atoms with van der Waals surface area (Å²) in [4.78, 5) is 27.6. The highest BCUT2D eigenvalue weighted by Gasteiger charge is 2.41. The number of benzene rings is 2. The Bertz CT molecular complexity index is 1100. The van der Waals surface area contributed by atoms with E-state index in [2.05, 4.69) is 34.6 Å². The lowest BCUT2D eigenvalue weighted by atomic mass is 10.0. The molecule has 1 amide bonds. The first-order valence-electron chi connectivity index (χ1n) is 9.24. The van der Waals surface area contributed by atoms with Gasteiger partial charge in [0.1, 0.15) is 0 Å². The summed E-state index contributed by atoms with van der Waals surface area (Å²) in [5.41, 5.74) is 10.6. The molecule has 1 aliphatic rings. The van der Waals surface area contributed by atoms with Crippen LogP contribution >= 0.6 is 0 Å². The van der Waals surface area contributed by atoms with Gasteiger partial charge in [0.05, 0.1) is 5.69 Å². The van der Waals surface area contributed by atoms with Crippen molar-refractivity contribution < 1.29 is 4.79 Å². The highest BCUT2D eigenvalue weighted by molar-refractivity contribution is 5.89. The van der Waals surface area contributed by atoms with Crippen molar-refractivity contribution in [2.75, 3.05) is 11.1 Å². The number of rotatable bonds is 4. The summed E-state index contributed by atoms with van der Waals surface area (Å²) >= 11 is 0. The van der Waals surface area contributed by atoms with Crippen molar-refractivity contribution in [3.8, 4) is 11.1 Å². The van der Waals surface area contributed by atoms with Gasteiger partial charge in [-0.3, -0.25) is 14.2 Å². The van der Waals surface area contributed by atoms with Gasteiger partial charge in [-0.25, -0.2) is 4.98 Å². The molecule has 1 fully saturated rings. The van der Waals surface area contributed by atoms with Gasteiger partial charge in [0.15, 0.2) is 0 Å². The minimum Gasteiger partial charge on any atom is -0.369 e. The van der Waals surface area contributed by atoms with Gasteiger partial charge < -0.3 is 11.1 Å². The highest BCUT2D eigenvalue weighted by Crippen LogP contribution is 2.54. The Kier molecular flexibility index (Phi) is 4.47. The summed E-state index contributed by atoms with van der Waals surface area (Å²) in [6, 6.07) is 17.8. The highest BCUT2D eigenvalue weighted by atomic mass is 16.1. The Labute approximate surface area is 163 Å². The van der Waals surface area contributed by atoms with Crippen molar-refractivity contribution in [1.29, 1.82) is 0 Å². The number of nitrogens with one attached hydrogen (secondary N) is 1. The summed E-state index contributed by atoms with van der Waals surface area (Å²) in [5, 5.41) is 2.81. The Hall–Kier alpha value is -3.41. The van der Waals surface area contributed by atoms with Gasteiger partial charge in [0.2, 0.25) is 11.9 Å². The van der Waals surface area contributed by atoms with E-state index in [-0.39, 0.29) is 23.3 Å². The molecule has 4 rings (SSSR count).